The first kappa shape index (κ1) is 21.9. The molecule has 4 aromatic rings. The van der Waals surface area contributed by atoms with Gasteiger partial charge in [-0.1, -0.05) is 29.8 Å². The van der Waals surface area contributed by atoms with Crippen molar-refractivity contribution in [2.24, 2.45) is 0 Å². The summed E-state index contributed by atoms with van der Waals surface area (Å²) >= 11 is 5.95. The standard InChI is InChI=1S/C22H18ClFN4O3S/c1-28(2)32(30,31)27-19-5-3-4-16(20(19)24)21(29)18-12-26-22-17(18)10-14(11-25-22)13-6-8-15(23)9-7-13/h3-12,27H,1-2H3,(H,25,26). The molecule has 10 heteroatoms. The van der Waals surface area contributed by atoms with E-state index in [4.69, 9.17) is 11.6 Å². The molecule has 0 spiro atoms. The van der Waals surface area contributed by atoms with Gasteiger partial charge in [-0.25, -0.2) is 9.37 Å². The molecule has 0 aliphatic rings. The molecule has 0 unspecified atom stereocenters. The number of rotatable bonds is 6. The molecule has 0 radical (unpaired) electrons. The average Bonchev–Trinajstić information content (AvgIpc) is 3.18. The molecule has 2 N–H and O–H groups in total. The quantitative estimate of drug-likeness (QED) is 0.405. The van der Waals surface area contributed by atoms with Crippen molar-refractivity contribution in [3.8, 4) is 11.1 Å². The van der Waals surface area contributed by atoms with Crippen LogP contribution in [-0.4, -0.2) is 42.6 Å². The van der Waals surface area contributed by atoms with Gasteiger partial charge < -0.3 is 4.98 Å². The number of hydrogen-bond acceptors (Lipinski definition) is 4. The van der Waals surface area contributed by atoms with Crippen LogP contribution in [0.3, 0.4) is 0 Å². The molecule has 4 rings (SSSR count). The van der Waals surface area contributed by atoms with Gasteiger partial charge in [0.1, 0.15) is 5.65 Å². The first-order chi connectivity index (χ1) is 15.2. The normalized spacial score (nSPS) is 11.8. The molecule has 0 fully saturated rings. The van der Waals surface area contributed by atoms with Gasteiger partial charge >= 0.3 is 10.2 Å². The molecule has 0 amide bonds. The van der Waals surface area contributed by atoms with Crippen LogP contribution in [0.25, 0.3) is 22.2 Å². The van der Waals surface area contributed by atoms with Gasteiger partial charge in [-0.3, -0.25) is 9.52 Å². The van der Waals surface area contributed by atoms with Crippen molar-refractivity contribution < 1.29 is 17.6 Å². The van der Waals surface area contributed by atoms with E-state index in [2.05, 4.69) is 14.7 Å². The lowest BCUT2D eigenvalue weighted by Gasteiger charge is -2.14. The molecule has 0 atom stereocenters. The van der Waals surface area contributed by atoms with Crippen LogP contribution in [0, 0.1) is 5.82 Å². The molecule has 2 heterocycles. The molecular formula is C22H18ClFN4O3S. The fourth-order valence-electron chi connectivity index (χ4n) is 3.15. The zero-order valence-electron chi connectivity index (χ0n) is 17.1. The Hall–Kier alpha value is -3.27. The monoisotopic (exact) mass is 472 g/mol. The fourth-order valence-corrected chi connectivity index (χ4v) is 3.90. The summed E-state index contributed by atoms with van der Waals surface area (Å²) in [6.45, 7) is 0. The van der Waals surface area contributed by atoms with E-state index in [1.54, 1.807) is 24.4 Å². The number of carbonyl (C=O) groups is 1. The lowest BCUT2D eigenvalue weighted by molar-refractivity contribution is 0.103. The van der Waals surface area contributed by atoms with Crippen molar-refractivity contribution in [3.63, 3.8) is 0 Å². The van der Waals surface area contributed by atoms with Gasteiger partial charge in [0.05, 0.1) is 11.3 Å². The Labute approximate surface area is 189 Å². The second-order valence-corrected chi connectivity index (χ2v) is 9.54. The number of benzene rings is 2. The van der Waals surface area contributed by atoms with E-state index in [1.807, 2.05) is 12.1 Å². The van der Waals surface area contributed by atoms with E-state index in [1.165, 1.54) is 38.5 Å². The Morgan fingerprint density at radius 2 is 1.81 bits per heavy atom. The second kappa shape index (κ2) is 8.34. The minimum atomic E-state index is -3.94. The van der Waals surface area contributed by atoms with Crippen LogP contribution in [0.2, 0.25) is 5.02 Å². The molecule has 7 nitrogen and oxygen atoms in total. The molecular weight excluding hydrogens is 455 g/mol. The predicted molar refractivity (Wildman–Crippen MR) is 123 cm³/mol. The molecule has 164 valence electrons. The highest BCUT2D eigenvalue weighted by Crippen LogP contribution is 2.29. The van der Waals surface area contributed by atoms with Crippen molar-refractivity contribution in [2.75, 3.05) is 18.8 Å². The SMILES string of the molecule is CN(C)S(=O)(=O)Nc1cccc(C(=O)c2c[nH]c3ncc(-c4ccc(Cl)cc4)cc23)c1F. The number of pyridine rings is 1. The number of hydrogen-bond donors (Lipinski definition) is 2. The zero-order chi connectivity index (χ0) is 23.0. The van der Waals surface area contributed by atoms with E-state index < -0.39 is 21.8 Å². The van der Waals surface area contributed by atoms with Crippen LogP contribution in [0.5, 0.6) is 0 Å². The van der Waals surface area contributed by atoms with Crippen LogP contribution in [-0.2, 0) is 10.2 Å². The van der Waals surface area contributed by atoms with Crippen molar-refractivity contribution in [2.45, 2.75) is 0 Å². The van der Waals surface area contributed by atoms with E-state index in [0.717, 1.165) is 15.4 Å². The Morgan fingerprint density at radius 1 is 1.09 bits per heavy atom. The van der Waals surface area contributed by atoms with E-state index in [0.29, 0.717) is 16.1 Å². The number of aromatic nitrogens is 2. The fraction of sp³-hybridized carbons (Fsp3) is 0.0909. The summed E-state index contributed by atoms with van der Waals surface area (Å²) in [5, 5.41) is 1.11. The Balaban J connectivity index is 1.75. The first-order valence-electron chi connectivity index (χ1n) is 9.44. The van der Waals surface area contributed by atoms with Crippen molar-refractivity contribution >= 4 is 44.3 Å². The van der Waals surface area contributed by atoms with Gasteiger partial charge in [-0.15, -0.1) is 0 Å². The van der Waals surface area contributed by atoms with E-state index in [9.17, 15) is 13.2 Å². The average molecular weight is 473 g/mol. The molecule has 2 aromatic heterocycles. The van der Waals surface area contributed by atoms with Crippen LogP contribution < -0.4 is 4.72 Å². The van der Waals surface area contributed by atoms with Crippen LogP contribution >= 0.6 is 11.6 Å². The van der Waals surface area contributed by atoms with Crippen LogP contribution in [0.4, 0.5) is 10.1 Å². The number of anilines is 1. The summed E-state index contributed by atoms with van der Waals surface area (Å²) < 4.78 is 42.3. The molecule has 0 saturated carbocycles. The van der Waals surface area contributed by atoms with Gasteiger partial charge in [-0.2, -0.15) is 12.7 Å². The number of ketones is 1. The highest BCUT2D eigenvalue weighted by Gasteiger charge is 2.23. The summed E-state index contributed by atoms with van der Waals surface area (Å²) in [7, 11) is -1.31. The second-order valence-electron chi connectivity index (χ2n) is 7.22. The van der Waals surface area contributed by atoms with Gasteiger partial charge in [0, 0.05) is 48.0 Å². The largest absolute Gasteiger partial charge is 0.345 e. The van der Waals surface area contributed by atoms with E-state index in [-0.39, 0.29) is 16.8 Å². The first-order valence-corrected chi connectivity index (χ1v) is 11.3. The number of carbonyl (C=O) groups excluding carboxylic acids is 1. The molecule has 0 bridgehead atoms. The maximum atomic E-state index is 15.1. The number of H-pyrrole nitrogens is 1. The third-order valence-corrected chi connectivity index (χ3v) is 6.61. The number of aromatic amines is 1. The van der Waals surface area contributed by atoms with E-state index >= 15 is 4.39 Å². The minimum absolute atomic E-state index is 0.217. The maximum Gasteiger partial charge on any atom is 0.301 e. The highest BCUT2D eigenvalue weighted by molar-refractivity contribution is 7.90. The summed E-state index contributed by atoms with van der Waals surface area (Å²) in [6.07, 6.45) is 3.12. The third kappa shape index (κ3) is 4.10. The summed E-state index contributed by atoms with van der Waals surface area (Å²) in [5.41, 5.74) is 1.72. The predicted octanol–water partition coefficient (Wildman–Crippen LogP) is 4.47. The van der Waals surface area contributed by atoms with Gasteiger partial charge in [0.25, 0.3) is 0 Å². The van der Waals surface area contributed by atoms with Crippen molar-refractivity contribution in [3.05, 3.63) is 82.9 Å². The molecule has 0 aliphatic carbocycles. The summed E-state index contributed by atoms with van der Waals surface area (Å²) in [6, 6.07) is 12.9. The molecule has 2 aromatic carbocycles. The summed E-state index contributed by atoms with van der Waals surface area (Å²) in [5.74, 6) is -1.56. The lowest BCUT2D eigenvalue weighted by Crippen LogP contribution is -2.29. The van der Waals surface area contributed by atoms with Gasteiger partial charge in [0.15, 0.2) is 11.6 Å². The third-order valence-electron chi connectivity index (χ3n) is 4.92. The number of nitrogens with zero attached hydrogens (tertiary/aromatic N) is 2. The van der Waals surface area contributed by atoms with Crippen molar-refractivity contribution in [1.82, 2.24) is 14.3 Å². The lowest BCUT2D eigenvalue weighted by atomic mass is 10.0. The van der Waals surface area contributed by atoms with Gasteiger partial charge in [0.2, 0.25) is 0 Å². The number of fused-ring (bicyclic) bond motifs is 1. The number of halogens is 2. The summed E-state index contributed by atoms with van der Waals surface area (Å²) in [4.78, 5) is 20.5. The highest BCUT2D eigenvalue weighted by atomic mass is 35.5. The number of nitrogens with one attached hydrogen (secondary N) is 2. The maximum absolute atomic E-state index is 15.1. The van der Waals surface area contributed by atoms with Gasteiger partial charge in [-0.05, 0) is 35.9 Å². The minimum Gasteiger partial charge on any atom is -0.345 e. The van der Waals surface area contributed by atoms with Crippen molar-refractivity contribution in [1.29, 1.82) is 0 Å². The topological polar surface area (TPSA) is 95.2 Å². The Bertz CT molecular complexity index is 1430. The zero-order valence-corrected chi connectivity index (χ0v) is 18.6. The molecule has 32 heavy (non-hydrogen) atoms. The Morgan fingerprint density at radius 3 is 2.50 bits per heavy atom. The smallest absolute Gasteiger partial charge is 0.301 e. The molecule has 0 saturated heterocycles. The van der Waals surface area contributed by atoms with Crippen LogP contribution in [0.1, 0.15) is 15.9 Å². The molecule has 0 aliphatic heterocycles. The van der Waals surface area contributed by atoms with Crippen LogP contribution in [0.15, 0.2) is 60.9 Å². The Kier molecular flexibility index (Phi) is 5.72.